The Morgan fingerprint density at radius 1 is 0.946 bits per heavy atom. The van der Waals surface area contributed by atoms with E-state index in [1.165, 1.54) is 24.3 Å². The van der Waals surface area contributed by atoms with Crippen molar-refractivity contribution in [2.24, 2.45) is 0 Å². The lowest BCUT2D eigenvalue weighted by molar-refractivity contribution is -0.131. The zero-order chi connectivity index (χ0) is 26.1. The zero-order valence-electron chi connectivity index (χ0n) is 19.6. The van der Waals surface area contributed by atoms with E-state index in [0.29, 0.717) is 32.7 Å². The number of nitrogens with one attached hydrogen (secondary N) is 1. The zero-order valence-corrected chi connectivity index (χ0v) is 20.5. The van der Waals surface area contributed by atoms with Crippen LogP contribution in [0, 0.1) is 11.6 Å². The van der Waals surface area contributed by atoms with Gasteiger partial charge in [0.15, 0.2) is 0 Å². The van der Waals surface area contributed by atoms with Crippen molar-refractivity contribution in [3.8, 4) is 33.1 Å². The number of carbonyl (C=O) groups excluding carboxylic acids is 2. The van der Waals surface area contributed by atoms with Gasteiger partial charge in [-0.2, -0.15) is 0 Å². The molecular weight excluding hydrogens is 500 g/mol. The number of halogens is 2. The van der Waals surface area contributed by atoms with Crippen molar-refractivity contribution in [2.45, 2.75) is 6.92 Å². The van der Waals surface area contributed by atoms with Gasteiger partial charge in [0.1, 0.15) is 34.3 Å². The maximum Gasteiger partial charge on any atom is 0.308 e. The normalized spacial score (nSPS) is 10.9. The first-order chi connectivity index (χ1) is 17.9. The number of amides is 1. The Morgan fingerprint density at radius 3 is 2.30 bits per heavy atom. The number of hydrogen-bond acceptors (Lipinski definition) is 6. The minimum Gasteiger partial charge on any atom is -0.497 e. The van der Waals surface area contributed by atoms with E-state index in [1.807, 2.05) is 17.5 Å². The summed E-state index contributed by atoms with van der Waals surface area (Å²) >= 11 is 1.36. The number of rotatable bonds is 6. The monoisotopic (exact) mass is 519 g/mol. The summed E-state index contributed by atoms with van der Waals surface area (Å²) in [6, 6.07) is 17.5. The molecule has 9 heteroatoms. The van der Waals surface area contributed by atoms with Gasteiger partial charge in [0.25, 0.3) is 5.91 Å². The first kappa shape index (κ1) is 24.2. The highest BCUT2D eigenvalue weighted by Crippen LogP contribution is 2.46. The lowest BCUT2D eigenvalue weighted by Gasteiger charge is -2.09. The number of fused-ring (bicyclic) bond motifs is 1. The minimum atomic E-state index is -1.02. The standard InChI is InChI=1S/C28H19F2NO5S/c1-15(32)35-21-13-17(16-8-10-18(34-2)11-9-16)14-22-25(21)26(23-7-4-12-37-23)28(36-22)31-27(33)24-19(29)5-3-6-20(24)30/h3-14H,1-2H3,(H,31,33). The van der Waals surface area contributed by atoms with E-state index in [-0.39, 0.29) is 11.6 Å². The smallest absolute Gasteiger partial charge is 0.308 e. The summed E-state index contributed by atoms with van der Waals surface area (Å²) in [5, 5.41) is 4.76. The molecule has 186 valence electrons. The van der Waals surface area contributed by atoms with E-state index < -0.39 is 29.1 Å². The summed E-state index contributed by atoms with van der Waals surface area (Å²) in [4.78, 5) is 25.6. The molecule has 0 radical (unpaired) electrons. The van der Waals surface area contributed by atoms with Crippen LogP contribution in [0.15, 0.2) is 76.5 Å². The van der Waals surface area contributed by atoms with Gasteiger partial charge in [-0.15, -0.1) is 11.3 Å². The fourth-order valence-electron chi connectivity index (χ4n) is 4.00. The molecule has 0 aliphatic heterocycles. The first-order valence-electron chi connectivity index (χ1n) is 11.1. The van der Waals surface area contributed by atoms with E-state index in [2.05, 4.69) is 5.32 Å². The van der Waals surface area contributed by atoms with Crippen molar-refractivity contribution < 1.29 is 32.3 Å². The van der Waals surface area contributed by atoms with Crippen molar-refractivity contribution >= 4 is 40.1 Å². The predicted octanol–water partition coefficient (Wildman–Crippen LogP) is 7.29. The van der Waals surface area contributed by atoms with Crippen LogP contribution < -0.4 is 14.8 Å². The molecule has 0 fully saturated rings. The molecule has 0 bridgehead atoms. The highest BCUT2D eigenvalue weighted by molar-refractivity contribution is 7.13. The lowest BCUT2D eigenvalue weighted by Crippen LogP contribution is -2.15. The summed E-state index contributed by atoms with van der Waals surface area (Å²) in [6.07, 6.45) is 0. The Balaban J connectivity index is 1.70. The van der Waals surface area contributed by atoms with Crippen molar-refractivity contribution in [2.75, 3.05) is 12.4 Å². The molecule has 0 saturated carbocycles. The van der Waals surface area contributed by atoms with Crippen LogP contribution in [0.2, 0.25) is 0 Å². The van der Waals surface area contributed by atoms with E-state index in [4.69, 9.17) is 13.9 Å². The third-order valence-corrected chi connectivity index (χ3v) is 6.50. The number of thiophene rings is 1. The average Bonchev–Trinajstić information content (AvgIpc) is 3.51. The van der Waals surface area contributed by atoms with E-state index in [0.717, 1.165) is 17.7 Å². The molecule has 2 aromatic heterocycles. The summed E-state index contributed by atoms with van der Waals surface area (Å²) in [7, 11) is 1.57. The van der Waals surface area contributed by atoms with Crippen LogP contribution in [0.3, 0.4) is 0 Å². The second-order valence-corrected chi connectivity index (χ2v) is 8.95. The Hall–Kier alpha value is -4.50. The van der Waals surface area contributed by atoms with Crippen LogP contribution in [-0.2, 0) is 4.79 Å². The molecule has 1 N–H and O–H groups in total. The van der Waals surface area contributed by atoms with Crippen LogP contribution in [0.1, 0.15) is 17.3 Å². The van der Waals surface area contributed by atoms with Crippen LogP contribution >= 0.6 is 11.3 Å². The van der Waals surface area contributed by atoms with Gasteiger partial charge in [0.05, 0.1) is 18.1 Å². The number of esters is 1. The first-order valence-corrected chi connectivity index (χ1v) is 12.0. The van der Waals surface area contributed by atoms with Gasteiger partial charge in [-0.3, -0.25) is 14.9 Å². The van der Waals surface area contributed by atoms with E-state index >= 15 is 0 Å². The molecule has 6 nitrogen and oxygen atoms in total. The fourth-order valence-corrected chi connectivity index (χ4v) is 4.77. The fraction of sp³-hybridized carbons (Fsp3) is 0.0714. The molecule has 0 aliphatic rings. The van der Waals surface area contributed by atoms with Gasteiger partial charge in [-0.25, -0.2) is 8.78 Å². The molecular formula is C28H19F2NO5S. The number of furan rings is 1. The van der Waals surface area contributed by atoms with Gasteiger partial charge in [-0.1, -0.05) is 24.3 Å². The van der Waals surface area contributed by atoms with Crippen LogP contribution in [0.25, 0.3) is 32.5 Å². The molecule has 2 heterocycles. The molecule has 5 rings (SSSR count). The average molecular weight is 520 g/mol. The second kappa shape index (κ2) is 9.87. The van der Waals surface area contributed by atoms with Gasteiger partial charge < -0.3 is 13.9 Å². The molecule has 37 heavy (non-hydrogen) atoms. The number of methoxy groups -OCH3 is 1. The number of benzene rings is 3. The SMILES string of the molecule is COc1ccc(-c2cc(OC(C)=O)c3c(-c4cccs4)c(NC(=O)c4c(F)cccc4F)oc3c2)cc1. The molecule has 0 saturated heterocycles. The van der Waals surface area contributed by atoms with Crippen LogP contribution in [0.4, 0.5) is 14.7 Å². The van der Waals surface area contributed by atoms with Crippen molar-refractivity contribution in [1.29, 1.82) is 0 Å². The highest BCUT2D eigenvalue weighted by atomic mass is 32.1. The third-order valence-electron chi connectivity index (χ3n) is 5.62. The molecule has 3 aromatic carbocycles. The molecule has 0 aliphatic carbocycles. The van der Waals surface area contributed by atoms with Gasteiger partial charge >= 0.3 is 5.97 Å². The summed E-state index contributed by atoms with van der Waals surface area (Å²) in [5.41, 5.74) is 1.46. The minimum absolute atomic E-state index is 0.0367. The molecule has 0 spiro atoms. The molecule has 0 atom stereocenters. The Labute approximate surface area is 214 Å². The number of ether oxygens (including phenoxy) is 2. The Kier molecular flexibility index (Phi) is 6.45. The predicted molar refractivity (Wildman–Crippen MR) is 137 cm³/mol. The van der Waals surface area contributed by atoms with Crippen molar-refractivity contribution in [3.05, 3.63) is 89.3 Å². The Morgan fingerprint density at radius 2 is 1.68 bits per heavy atom. The maximum absolute atomic E-state index is 14.3. The molecule has 5 aromatic rings. The maximum atomic E-state index is 14.3. The number of carbonyl (C=O) groups is 2. The Bertz CT molecular complexity index is 1600. The van der Waals surface area contributed by atoms with Gasteiger partial charge in [-0.05, 0) is 59.0 Å². The number of anilines is 1. The topological polar surface area (TPSA) is 77.8 Å². The molecule has 0 unspecified atom stereocenters. The van der Waals surface area contributed by atoms with Gasteiger partial charge in [0, 0.05) is 11.8 Å². The van der Waals surface area contributed by atoms with Crippen LogP contribution in [-0.4, -0.2) is 19.0 Å². The third kappa shape index (κ3) is 4.68. The van der Waals surface area contributed by atoms with Crippen molar-refractivity contribution in [1.82, 2.24) is 0 Å². The number of hydrogen-bond donors (Lipinski definition) is 1. The largest absolute Gasteiger partial charge is 0.497 e. The van der Waals surface area contributed by atoms with E-state index in [9.17, 15) is 18.4 Å². The van der Waals surface area contributed by atoms with Gasteiger partial charge in [0.2, 0.25) is 5.88 Å². The summed E-state index contributed by atoms with van der Waals surface area (Å²) in [5.74, 6) is -2.73. The van der Waals surface area contributed by atoms with E-state index in [1.54, 1.807) is 43.5 Å². The highest BCUT2D eigenvalue weighted by Gasteiger charge is 2.26. The summed E-state index contributed by atoms with van der Waals surface area (Å²) in [6.45, 7) is 1.28. The molecule has 1 amide bonds. The second-order valence-electron chi connectivity index (χ2n) is 8.00. The quantitative estimate of drug-likeness (QED) is 0.188. The van der Waals surface area contributed by atoms with Crippen molar-refractivity contribution in [3.63, 3.8) is 0 Å². The lowest BCUT2D eigenvalue weighted by atomic mass is 10.0. The summed E-state index contributed by atoms with van der Waals surface area (Å²) < 4.78 is 45.4. The van der Waals surface area contributed by atoms with Crippen LogP contribution in [0.5, 0.6) is 11.5 Å².